The van der Waals surface area contributed by atoms with Crippen LogP contribution in [0.5, 0.6) is 0 Å². The van der Waals surface area contributed by atoms with Crippen molar-refractivity contribution in [1.82, 2.24) is 0 Å². The highest BCUT2D eigenvalue weighted by Crippen LogP contribution is 2.73. The summed E-state index contributed by atoms with van der Waals surface area (Å²) in [6, 6.07) is 0. The maximum atomic E-state index is 12.6. The van der Waals surface area contributed by atoms with Crippen LogP contribution in [-0.2, 0) is 4.74 Å². The van der Waals surface area contributed by atoms with Gasteiger partial charge in [0.2, 0.25) is 0 Å². The van der Waals surface area contributed by atoms with Crippen molar-refractivity contribution in [2.45, 2.75) is 164 Å². The van der Waals surface area contributed by atoms with Gasteiger partial charge in [-0.3, -0.25) is 0 Å². The first-order valence-electron chi connectivity index (χ1n) is 19.2. The Labute approximate surface area is 271 Å². The minimum absolute atomic E-state index is 0.0226. The summed E-state index contributed by atoms with van der Waals surface area (Å²) in [5.74, 6) is 4.83. The van der Waals surface area contributed by atoms with Gasteiger partial charge in [0, 0.05) is 18.4 Å². The summed E-state index contributed by atoms with van der Waals surface area (Å²) >= 11 is 0. The molecule has 14 unspecified atom stereocenters. The lowest BCUT2D eigenvalue weighted by molar-refractivity contribution is -0.281. The molecule has 5 saturated carbocycles. The van der Waals surface area contributed by atoms with Gasteiger partial charge in [-0.05, 0) is 122 Å². The van der Waals surface area contributed by atoms with Gasteiger partial charge >= 0.3 is 0 Å². The zero-order valence-corrected chi connectivity index (χ0v) is 30.4. The van der Waals surface area contributed by atoms with Crippen LogP contribution in [0, 0.1) is 81.3 Å². The Kier molecular flexibility index (Phi) is 10.4. The minimum atomic E-state index is -0.556. The van der Waals surface area contributed by atoms with Crippen molar-refractivity contribution in [1.29, 1.82) is 0 Å². The number of methoxy groups -OCH3 is 1. The number of unbranched alkanes of at least 4 members (excludes halogenated alkanes) is 1. The van der Waals surface area contributed by atoms with Crippen molar-refractivity contribution >= 4 is 0 Å². The fourth-order valence-electron chi connectivity index (χ4n) is 13.9. The van der Waals surface area contributed by atoms with Gasteiger partial charge in [-0.2, -0.15) is 0 Å². The summed E-state index contributed by atoms with van der Waals surface area (Å²) < 4.78 is 6.29. The average Bonchev–Trinajstić information content (AvgIpc) is 2.92. The van der Waals surface area contributed by atoms with Crippen molar-refractivity contribution in [2.75, 3.05) is 7.11 Å². The van der Waals surface area contributed by atoms with Crippen LogP contribution in [0.3, 0.4) is 0 Å². The zero-order chi connectivity index (χ0) is 32.4. The Morgan fingerprint density at radius 1 is 0.841 bits per heavy atom. The molecule has 5 aliphatic rings. The minimum Gasteiger partial charge on any atom is -0.393 e. The summed E-state index contributed by atoms with van der Waals surface area (Å²) in [6.07, 6.45) is 14.1. The summed E-state index contributed by atoms with van der Waals surface area (Å²) in [5, 5.41) is 35.5. The van der Waals surface area contributed by atoms with E-state index in [1.807, 2.05) is 14.0 Å². The second-order valence-corrected chi connectivity index (χ2v) is 18.9. The van der Waals surface area contributed by atoms with E-state index < -0.39 is 12.2 Å². The molecule has 5 rings (SSSR count). The van der Waals surface area contributed by atoms with E-state index in [0.29, 0.717) is 35.7 Å². The number of aliphatic hydroxyl groups excluding tert-OH is 3. The van der Waals surface area contributed by atoms with Crippen molar-refractivity contribution in [3.8, 4) is 0 Å². The molecule has 0 saturated heterocycles. The van der Waals surface area contributed by atoms with Gasteiger partial charge in [0.25, 0.3) is 0 Å². The fourth-order valence-corrected chi connectivity index (χ4v) is 13.9. The molecule has 5 fully saturated rings. The van der Waals surface area contributed by atoms with E-state index in [1.165, 1.54) is 64.2 Å². The van der Waals surface area contributed by atoms with E-state index in [1.54, 1.807) is 0 Å². The van der Waals surface area contributed by atoms with E-state index in [9.17, 15) is 15.3 Å². The second kappa shape index (κ2) is 13.0. The van der Waals surface area contributed by atoms with Gasteiger partial charge in [-0.15, -0.1) is 0 Å². The van der Waals surface area contributed by atoms with Gasteiger partial charge < -0.3 is 20.1 Å². The summed E-state index contributed by atoms with van der Waals surface area (Å²) in [4.78, 5) is 0. The molecule has 0 aliphatic heterocycles. The largest absolute Gasteiger partial charge is 0.393 e. The summed E-state index contributed by atoms with van der Waals surface area (Å²) in [7, 11) is 1.96. The topological polar surface area (TPSA) is 69.9 Å². The molecule has 4 heteroatoms. The van der Waals surface area contributed by atoms with Crippen LogP contribution in [0.1, 0.15) is 139 Å². The smallest absolute Gasteiger partial charge is 0.0656 e. The van der Waals surface area contributed by atoms with Gasteiger partial charge in [0.1, 0.15) is 0 Å². The molecule has 0 heterocycles. The van der Waals surface area contributed by atoms with E-state index in [4.69, 9.17) is 4.74 Å². The average molecular weight is 617 g/mol. The van der Waals surface area contributed by atoms with Crippen LogP contribution >= 0.6 is 0 Å². The Hall–Kier alpha value is -0.160. The van der Waals surface area contributed by atoms with E-state index in [-0.39, 0.29) is 46.0 Å². The molecule has 256 valence electrons. The maximum Gasteiger partial charge on any atom is 0.0656 e. The molecule has 44 heavy (non-hydrogen) atoms. The molecule has 0 aromatic heterocycles. The van der Waals surface area contributed by atoms with Gasteiger partial charge in [0.15, 0.2) is 0 Å². The lowest BCUT2D eigenvalue weighted by atomic mass is 9.34. The van der Waals surface area contributed by atoms with E-state index in [2.05, 4.69) is 55.4 Å². The van der Waals surface area contributed by atoms with Crippen molar-refractivity contribution in [3.63, 3.8) is 0 Å². The fraction of sp³-hybridized carbons (Fsp3) is 1.00. The molecule has 17 atom stereocenters. The van der Waals surface area contributed by atoms with Gasteiger partial charge in [-0.1, -0.05) is 87.5 Å². The third-order valence-corrected chi connectivity index (χ3v) is 15.9. The van der Waals surface area contributed by atoms with Crippen LogP contribution in [0.4, 0.5) is 0 Å². The summed E-state index contributed by atoms with van der Waals surface area (Å²) in [5.41, 5.74) is -0.302. The molecule has 5 aliphatic carbocycles. The van der Waals surface area contributed by atoms with Crippen LogP contribution in [0.25, 0.3) is 0 Å². The highest BCUT2D eigenvalue weighted by Gasteiger charge is 2.70. The third-order valence-electron chi connectivity index (χ3n) is 15.9. The van der Waals surface area contributed by atoms with E-state index >= 15 is 0 Å². The Balaban J connectivity index is 1.43. The number of hydrogen-bond donors (Lipinski definition) is 3. The van der Waals surface area contributed by atoms with Crippen molar-refractivity contribution < 1.29 is 20.1 Å². The number of aliphatic hydroxyl groups is 3. The monoisotopic (exact) mass is 617 g/mol. The normalized spacial score (nSPS) is 53.5. The van der Waals surface area contributed by atoms with Crippen LogP contribution in [-0.4, -0.2) is 46.8 Å². The number of fused-ring (bicyclic) bond motifs is 3. The van der Waals surface area contributed by atoms with Gasteiger partial charge in [0.05, 0.1) is 24.4 Å². The first kappa shape index (κ1) is 35.2. The van der Waals surface area contributed by atoms with E-state index in [0.717, 1.165) is 24.7 Å². The van der Waals surface area contributed by atoms with Crippen molar-refractivity contribution in [3.05, 3.63) is 0 Å². The molecule has 0 bridgehead atoms. The predicted octanol–water partition coefficient (Wildman–Crippen LogP) is 8.75. The van der Waals surface area contributed by atoms with Crippen molar-refractivity contribution in [2.24, 2.45) is 81.3 Å². The first-order chi connectivity index (χ1) is 20.6. The first-order valence-corrected chi connectivity index (χ1v) is 19.2. The van der Waals surface area contributed by atoms with Crippen LogP contribution < -0.4 is 0 Å². The zero-order valence-electron chi connectivity index (χ0n) is 30.4. The quantitative estimate of drug-likeness (QED) is 0.239. The summed E-state index contributed by atoms with van der Waals surface area (Å²) in [6.45, 7) is 20.9. The molecule has 3 N–H and O–H groups in total. The molecular weight excluding hydrogens is 544 g/mol. The number of ether oxygens (including phenoxy) is 1. The van der Waals surface area contributed by atoms with Crippen LogP contribution in [0.15, 0.2) is 0 Å². The SMILES string of the molecule is COC1CCC(CCCCC(C)C)CC1C1CCC(C)C2C(O)C3C(C)[C@]4(C)C(O)C(C(C)O)C(C)C[C@]4(C)C[C@]3(C)CC12. The second-order valence-electron chi connectivity index (χ2n) is 18.9. The van der Waals surface area contributed by atoms with Crippen LogP contribution in [0.2, 0.25) is 0 Å². The maximum absolute atomic E-state index is 12.6. The standard InChI is InChI=1S/C40H72O4/c1-23(2)13-11-12-14-28-16-18-32(44-10)30(19-28)29-17-15-24(3)34-31(29)21-38(7)22-39(8)20-25(4)33(27(6)41)37(43)40(39,9)26(5)35(38)36(34)42/h23-37,41-43H,11-22H2,1-10H3/t24?,25?,26?,27?,28?,29?,30?,31?,32?,33?,34?,35?,36?,37?,38-,39+,40+/m0/s1. The molecule has 0 amide bonds. The Morgan fingerprint density at radius 2 is 1.55 bits per heavy atom. The lowest BCUT2D eigenvalue weighted by Gasteiger charge is -2.72. The molecule has 4 nitrogen and oxygen atoms in total. The molecule has 0 aromatic carbocycles. The lowest BCUT2D eigenvalue weighted by Crippen LogP contribution is -2.70. The molecule has 0 radical (unpaired) electrons. The number of hydrogen-bond acceptors (Lipinski definition) is 4. The molecular formula is C40H72O4. The third kappa shape index (κ3) is 5.78. The highest BCUT2D eigenvalue weighted by atomic mass is 16.5. The van der Waals surface area contributed by atoms with Gasteiger partial charge in [-0.25, -0.2) is 0 Å². The highest BCUT2D eigenvalue weighted by molar-refractivity contribution is 5.19. The molecule has 0 spiro atoms. The Bertz CT molecular complexity index is 965. The molecule has 0 aromatic rings. The Morgan fingerprint density at radius 3 is 2.18 bits per heavy atom. The predicted molar refractivity (Wildman–Crippen MR) is 181 cm³/mol. The number of rotatable bonds is 8.